The molecule has 0 radical (unpaired) electrons. The van der Waals surface area contributed by atoms with E-state index in [1.165, 1.54) is 0 Å². The van der Waals surface area contributed by atoms with Crippen molar-refractivity contribution in [2.75, 3.05) is 0 Å². The highest BCUT2D eigenvalue weighted by molar-refractivity contribution is 7.88. The molecule has 288 valence electrons. The largest absolute Gasteiger partial charge is 0.0776 e. The molecule has 0 heterocycles. The summed E-state index contributed by atoms with van der Waals surface area (Å²) >= 11 is 3.89. The molecular formula is C32H149PS. The Labute approximate surface area is 271 Å². The van der Waals surface area contributed by atoms with E-state index in [0.29, 0.717) is 0 Å². The van der Waals surface area contributed by atoms with E-state index in [1.54, 1.807) is 0 Å². The first-order valence-electron chi connectivity index (χ1n) is 0.204. The highest BCUT2D eigenvalue weighted by Crippen LogP contribution is 1.26. The molecule has 34 heavy (non-hydrogen) atoms. The van der Waals surface area contributed by atoms with E-state index in [2.05, 4.69) is 19.8 Å². The van der Waals surface area contributed by atoms with Crippen molar-refractivity contribution in [3.8, 4) is 0 Å². The van der Waals surface area contributed by atoms with Crippen LogP contribution < -0.4 is 0 Å². The van der Waals surface area contributed by atoms with Gasteiger partial charge in [-0.15, -0.1) is 0 Å². The topological polar surface area (TPSA) is 0 Å². The van der Waals surface area contributed by atoms with Crippen LogP contribution in [0.5, 0.6) is 0 Å². The predicted octanol–water partition coefficient (Wildman–Crippen LogP) is 23.4. The van der Waals surface area contributed by atoms with Gasteiger partial charge in [-0.05, 0) is 8.02 Å². The van der Waals surface area contributed by atoms with E-state index in [4.69, 9.17) is 0 Å². The normalized spacial score (nSPS) is 0.118. The standard InChI is InChI=1S/32CH4.HPS.10H2/c;;;;;;;;;;;;;;;;;;;;;;;;;;;;;;;;1-2;;;;;;;;;;/h32*1H4;1H;10*1H/i;;;;;;;;;;;;;;;;;;;;;;;;;;;;;;;;;10*1+2. The fourth-order valence-electron chi connectivity index (χ4n) is 0. The molecule has 2 heteroatoms. The van der Waals surface area contributed by atoms with Gasteiger partial charge in [0, 0.05) is 14.3 Å². The first-order valence-corrected chi connectivity index (χ1v) is 1.84. The lowest BCUT2D eigenvalue weighted by molar-refractivity contribution is 2.50. The van der Waals surface area contributed by atoms with Gasteiger partial charge in [0.25, 0.3) is 0 Å². The van der Waals surface area contributed by atoms with Crippen LogP contribution in [-0.2, 0) is 11.8 Å². The van der Waals surface area contributed by atoms with E-state index in [0.717, 1.165) is 0 Å². The zero-order chi connectivity index (χ0) is 2.00. The minimum atomic E-state index is 0. The Morgan fingerprint density at radius 1 is 0.147 bits per heavy atom. The van der Waals surface area contributed by atoms with Crippen LogP contribution >= 0.6 is 8.02 Å². The second-order valence-electron chi connectivity index (χ2n) is 0. The minimum absolute atomic E-state index is 0. The van der Waals surface area contributed by atoms with Crippen LogP contribution in [0.4, 0.5) is 0 Å². The van der Waals surface area contributed by atoms with Crippen molar-refractivity contribution in [1.82, 2.24) is 0 Å². The fraction of sp³-hybridized carbons (Fsp3) is 1.00. The Bertz CT molecular complexity index is 47.0. The molecule has 0 atom stereocenters. The third-order valence-corrected chi connectivity index (χ3v) is 0. The average Bonchev–Trinajstić information content (AvgIpc) is 1.00. The Balaban J connectivity index is -0.00000000000581. The molecule has 0 nitrogen and oxygen atoms in total. The molecule has 0 aromatic rings. The van der Waals surface area contributed by atoms with Gasteiger partial charge < -0.3 is 0 Å². The monoisotopic (exact) mass is 617 g/mol. The Morgan fingerprint density at radius 2 is 0.147 bits per heavy atom. The maximum Gasteiger partial charge on any atom is 0 e. The summed E-state index contributed by atoms with van der Waals surface area (Å²) < 4.78 is 0. The van der Waals surface area contributed by atoms with Crippen molar-refractivity contribution >= 4 is 19.8 Å². The molecule has 0 unspecified atom stereocenters. The van der Waals surface area contributed by atoms with E-state index < -0.39 is 0 Å². The van der Waals surface area contributed by atoms with E-state index in [9.17, 15) is 0 Å². The molecule has 0 aliphatic carbocycles. The summed E-state index contributed by atoms with van der Waals surface area (Å²) in [6.45, 7) is 0. The zero-order valence-corrected chi connectivity index (χ0v) is 2.72. The molecule has 0 aliphatic heterocycles. The van der Waals surface area contributed by atoms with Gasteiger partial charge in [0.1, 0.15) is 0 Å². The summed E-state index contributed by atoms with van der Waals surface area (Å²) in [7, 11) is 2.56. The Kier molecular flexibility index (Phi) is 64700000. The van der Waals surface area contributed by atoms with Gasteiger partial charge in [-0.2, -0.15) is 0 Å². The van der Waals surface area contributed by atoms with Gasteiger partial charge in [-0.25, -0.2) is 0 Å². The van der Waals surface area contributed by atoms with Crippen molar-refractivity contribution in [3.05, 3.63) is 0 Å². The van der Waals surface area contributed by atoms with E-state index in [-0.39, 0.29) is 252 Å². The number of rotatable bonds is 0. The molecule has 0 aliphatic rings. The van der Waals surface area contributed by atoms with Gasteiger partial charge in [0.2, 0.25) is 0 Å². The maximum atomic E-state index is 3.89. The van der Waals surface area contributed by atoms with Crippen LogP contribution in [0.15, 0.2) is 0 Å². The van der Waals surface area contributed by atoms with Gasteiger partial charge >= 0.3 is 0 Å². The molecule has 0 fully saturated rings. The number of hydrogen-bond acceptors (Lipinski definition) is 1. The van der Waals surface area contributed by atoms with Crippen LogP contribution in [0.25, 0.3) is 0 Å². The van der Waals surface area contributed by atoms with Crippen molar-refractivity contribution in [3.63, 3.8) is 0 Å². The zero-order valence-electron chi connectivity index (χ0n) is 0.908. The molecule has 0 N–H and O–H groups in total. The first-order chi connectivity index (χ1) is 1.00. The molecule has 0 aromatic carbocycles. The molecule has 0 saturated carbocycles. The summed E-state index contributed by atoms with van der Waals surface area (Å²) in [5, 5.41) is 0. The van der Waals surface area contributed by atoms with Crippen molar-refractivity contribution in [2.45, 2.75) is 238 Å². The van der Waals surface area contributed by atoms with Crippen molar-refractivity contribution in [1.29, 1.82) is 0 Å². The Morgan fingerprint density at radius 3 is 0.147 bits per heavy atom. The second kappa shape index (κ2) is 131000. The molecule has 0 amide bonds. The van der Waals surface area contributed by atoms with Crippen LogP contribution in [0, 0.1) is 0 Å². The molecule has 0 rings (SSSR count). The van der Waals surface area contributed by atoms with Crippen LogP contribution in [0.2, 0.25) is 0 Å². The van der Waals surface area contributed by atoms with Gasteiger partial charge in [0.05, 0.1) is 0 Å². The predicted molar refractivity (Wildman–Crippen MR) is 252 cm³/mol. The molecule has 0 aromatic heterocycles. The Hall–Kier alpha value is 0.520. The summed E-state index contributed by atoms with van der Waals surface area (Å²) in [5.74, 6) is 0. The second-order valence-corrected chi connectivity index (χ2v) is 0. The summed E-state index contributed by atoms with van der Waals surface area (Å²) in [6.07, 6.45) is 0. The summed E-state index contributed by atoms with van der Waals surface area (Å²) in [6, 6.07) is 0. The lowest BCUT2D eigenvalue weighted by Crippen LogP contribution is -0.399. The highest BCUT2D eigenvalue weighted by Gasteiger charge is 0.655. The molecular weight excluding hydrogens is 447 g/mol. The van der Waals surface area contributed by atoms with Gasteiger partial charge in [-0.1, -0.05) is 249 Å². The fourth-order valence-corrected chi connectivity index (χ4v) is 0. The first kappa shape index (κ1) is 16800. The lowest BCUT2D eigenvalue weighted by Gasteiger charge is -0.760. The molecule has 0 bridgehead atoms. The lowest BCUT2D eigenvalue weighted by atomic mass is 12.0. The highest BCUT2D eigenvalue weighted by atomic mass is 32.4. The third-order valence-electron chi connectivity index (χ3n) is 0. The van der Waals surface area contributed by atoms with Gasteiger partial charge in [-0.3, -0.25) is 0 Å². The molecule has 0 spiro atoms. The van der Waals surface area contributed by atoms with Crippen LogP contribution in [-0.4, -0.2) is 0 Å². The van der Waals surface area contributed by atoms with Crippen LogP contribution in [0.3, 0.4) is 0 Å². The van der Waals surface area contributed by atoms with E-state index in [1.807, 2.05) is 0 Å². The van der Waals surface area contributed by atoms with E-state index >= 15 is 0 Å². The minimum Gasteiger partial charge on any atom is -0.0776 e. The van der Waals surface area contributed by atoms with Crippen molar-refractivity contribution in [2.24, 2.45) is 0 Å². The average molecular weight is 618 g/mol. The maximum absolute atomic E-state index is 3.89. The van der Waals surface area contributed by atoms with Gasteiger partial charge in [0.15, 0.2) is 0 Å². The molecule has 0 saturated heterocycles. The van der Waals surface area contributed by atoms with Crippen molar-refractivity contribution < 1.29 is 14.3 Å². The number of hydrogen-bond donors (Lipinski definition) is 0. The smallest absolute Gasteiger partial charge is 0 e. The SMILES string of the molecule is C.C.C.C.C.C.C.C.C.C.C.C.C.C.C.C.C.C.C.C.C.C.C.C.C.C.C.C.C.C.C.C.P=S.[3HH].[3HH].[3HH].[3HH].[3HH].[3HH].[3HH].[3HH].[3HH].[3HH]. The summed E-state index contributed by atoms with van der Waals surface area (Å²) in [4.78, 5) is 0. The third kappa shape index (κ3) is 119000. The quantitative estimate of drug-likeness (QED) is 0.244. The summed E-state index contributed by atoms with van der Waals surface area (Å²) in [5.41, 5.74) is 0. The van der Waals surface area contributed by atoms with Crippen LogP contribution in [0.1, 0.15) is 252 Å².